The third-order valence-electron chi connectivity index (χ3n) is 1.45. The molecule has 15 heavy (non-hydrogen) atoms. The highest BCUT2D eigenvalue weighted by molar-refractivity contribution is 9.10. The molecule has 0 aliphatic heterocycles. The van der Waals surface area contributed by atoms with E-state index >= 15 is 0 Å². The second-order valence-corrected chi connectivity index (χ2v) is 3.52. The summed E-state index contributed by atoms with van der Waals surface area (Å²) >= 11 is 3.01. The molecule has 0 aliphatic rings. The maximum absolute atomic E-state index is 11.8. The van der Waals surface area contributed by atoms with Crippen LogP contribution in [0.5, 0.6) is 5.75 Å². The third-order valence-corrected chi connectivity index (χ3v) is 2.07. The summed E-state index contributed by atoms with van der Waals surface area (Å²) in [6.07, 6.45) is -4.37. The minimum atomic E-state index is -4.37. The summed E-state index contributed by atoms with van der Waals surface area (Å²) in [4.78, 5) is 0. The van der Waals surface area contributed by atoms with E-state index in [1.165, 1.54) is 18.2 Å². The highest BCUT2D eigenvalue weighted by atomic mass is 79.9. The van der Waals surface area contributed by atoms with Crippen molar-refractivity contribution in [2.24, 2.45) is 0 Å². The Bertz CT molecular complexity index is 397. The van der Waals surface area contributed by atoms with Gasteiger partial charge in [0.1, 0.15) is 5.75 Å². The zero-order valence-electron chi connectivity index (χ0n) is 7.31. The Labute approximate surface area is 92.4 Å². The Hall–Kier alpha value is -1.22. The highest BCUT2D eigenvalue weighted by Gasteiger charge is 2.28. The quantitative estimate of drug-likeness (QED) is 0.833. The summed E-state index contributed by atoms with van der Waals surface area (Å²) in [6.45, 7) is -1.35. The van der Waals surface area contributed by atoms with Gasteiger partial charge >= 0.3 is 6.18 Å². The Morgan fingerprint density at radius 1 is 1.40 bits per heavy atom. The van der Waals surface area contributed by atoms with Crippen LogP contribution in [0.25, 0.3) is 0 Å². The molecule has 0 heterocycles. The summed E-state index contributed by atoms with van der Waals surface area (Å²) in [6, 6.07) is 5.95. The second-order valence-electron chi connectivity index (χ2n) is 2.66. The summed E-state index contributed by atoms with van der Waals surface area (Å²) in [7, 11) is 0. The first-order chi connectivity index (χ1) is 6.92. The molecule has 0 bridgehead atoms. The highest BCUT2D eigenvalue weighted by Crippen LogP contribution is 2.27. The lowest BCUT2D eigenvalue weighted by Crippen LogP contribution is -2.19. The van der Waals surface area contributed by atoms with Crippen LogP contribution in [0.1, 0.15) is 5.56 Å². The zero-order valence-corrected chi connectivity index (χ0v) is 8.89. The van der Waals surface area contributed by atoms with Crippen LogP contribution >= 0.6 is 15.9 Å². The number of nitriles is 1. The number of benzene rings is 1. The van der Waals surface area contributed by atoms with Gasteiger partial charge in [-0.1, -0.05) is 0 Å². The van der Waals surface area contributed by atoms with Gasteiger partial charge in [-0.15, -0.1) is 0 Å². The van der Waals surface area contributed by atoms with Crippen LogP contribution in [-0.4, -0.2) is 12.8 Å². The summed E-state index contributed by atoms with van der Waals surface area (Å²) in [5.41, 5.74) is 0.348. The monoisotopic (exact) mass is 279 g/mol. The molecule has 0 aromatic heterocycles. The van der Waals surface area contributed by atoms with Crippen molar-refractivity contribution in [1.82, 2.24) is 0 Å². The van der Waals surface area contributed by atoms with E-state index in [0.29, 0.717) is 10.0 Å². The van der Waals surface area contributed by atoms with Crippen LogP contribution in [0.2, 0.25) is 0 Å². The van der Waals surface area contributed by atoms with E-state index in [2.05, 4.69) is 20.7 Å². The molecule has 0 spiro atoms. The molecule has 0 saturated carbocycles. The number of hydrogen-bond donors (Lipinski definition) is 0. The summed E-state index contributed by atoms with van der Waals surface area (Å²) in [5.74, 6) is 0.0614. The lowest BCUT2D eigenvalue weighted by Gasteiger charge is -2.10. The number of nitrogens with zero attached hydrogens (tertiary/aromatic N) is 1. The number of ether oxygens (including phenoxy) is 1. The fraction of sp³-hybridized carbons (Fsp3) is 0.222. The maximum Gasteiger partial charge on any atom is 0.422 e. The van der Waals surface area contributed by atoms with Crippen LogP contribution in [0.3, 0.4) is 0 Å². The van der Waals surface area contributed by atoms with E-state index in [-0.39, 0.29) is 5.75 Å². The van der Waals surface area contributed by atoms with Crippen LogP contribution in [0.15, 0.2) is 22.7 Å². The smallest absolute Gasteiger partial charge is 0.422 e. The van der Waals surface area contributed by atoms with Crippen LogP contribution in [0.4, 0.5) is 13.2 Å². The second kappa shape index (κ2) is 4.53. The lowest BCUT2D eigenvalue weighted by molar-refractivity contribution is -0.153. The maximum atomic E-state index is 11.8. The first-order valence-electron chi connectivity index (χ1n) is 3.81. The SMILES string of the molecule is N#Cc1ccc(OCC(F)(F)F)c(Br)c1. The molecule has 1 rings (SSSR count). The van der Waals surface area contributed by atoms with E-state index in [4.69, 9.17) is 5.26 Å². The van der Waals surface area contributed by atoms with Gasteiger partial charge in [-0.05, 0) is 34.1 Å². The van der Waals surface area contributed by atoms with Gasteiger partial charge < -0.3 is 4.74 Å². The molecule has 0 fully saturated rings. The molecule has 0 amide bonds. The van der Waals surface area contributed by atoms with Crippen LogP contribution in [0, 0.1) is 11.3 Å². The fourth-order valence-corrected chi connectivity index (χ4v) is 1.34. The van der Waals surface area contributed by atoms with Crippen molar-refractivity contribution in [1.29, 1.82) is 5.26 Å². The normalized spacial score (nSPS) is 10.9. The number of rotatable bonds is 2. The first kappa shape index (κ1) is 11.9. The van der Waals surface area contributed by atoms with Crippen molar-refractivity contribution < 1.29 is 17.9 Å². The zero-order chi connectivity index (χ0) is 11.5. The van der Waals surface area contributed by atoms with Gasteiger partial charge in [0.25, 0.3) is 0 Å². The van der Waals surface area contributed by atoms with E-state index in [1.807, 2.05) is 6.07 Å². The van der Waals surface area contributed by atoms with Crippen molar-refractivity contribution in [2.75, 3.05) is 6.61 Å². The van der Waals surface area contributed by atoms with E-state index in [0.717, 1.165) is 0 Å². The van der Waals surface area contributed by atoms with Gasteiger partial charge in [0.2, 0.25) is 0 Å². The molecule has 0 atom stereocenters. The predicted octanol–water partition coefficient (Wildman–Crippen LogP) is 3.26. The summed E-state index contributed by atoms with van der Waals surface area (Å²) in [5, 5.41) is 8.52. The molecule has 1 aromatic rings. The first-order valence-corrected chi connectivity index (χ1v) is 4.61. The van der Waals surface area contributed by atoms with E-state index in [1.54, 1.807) is 0 Å². The minimum absolute atomic E-state index is 0.0614. The lowest BCUT2D eigenvalue weighted by atomic mass is 10.2. The van der Waals surface area contributed by atoms with E-state index in [9.17, 15) is 13.2 Å². The van der Waals surface area contributed by atoms with Crippen molar-refractivity contribution in [3.05, 3.63) is 28.2 Å². The fourth-order valence-electron chi connectivity index (χ4n) is 0.847. The summed E-state index contributed by atoms with van der Waals surface area (Å²) < 4.78 is 40.3. The largest absolute Gasteiger partial charge is 0.483 e. The number of halogens is 4. The predicted molar refractivity (Wildman–Crippen MR) is 50.4 cm³/mol. The van der Waals surface area contributed by atoms with Crippen LogP contribution in [-0.2, 0) is 0 Å². The number of alkyl halides is 3. The Balaban J connectivity index is 2.76. The van der Waals surface area contributed by atoms with Crippen LogP contribution < -0.4 is 4.74 Å². The molecule has 80 valence electrons. The average Bonchev–Trinajstić information content (AvgIpc) is 2.14. The van der Waals surface area contributed by atoms with Crippen molar-refractivity contribution in [2.45, 2.75) is 6.18 Å². The van der Waals surface area contributed by atoms with Gasteiger partial charge in [0.15, 0.2) is 6.61 Å². The Morgan fingerprint density at radius 2 is 2.07 bits per heavy atom. The Morgan fingerprint density at radius 3 is 2.53 bits per heavy atom. The molecule has 6 heteroatoms. The molecular formula is C9H5BrF3NO. The third kappa shape index (κ3) is 3.80. The van der Waals surface area contributed by atoms with Crippen molar-refractivity contribution >= 4 is 15.9 Å². The molecule has 0 N–H and O–H groups in total. The molecule has 1 aromatic carbocycles. The minimum Gasteiger partial charge on any atom is -0.483 e. The Kier molecular flexibility index (Phi) is 3.58. The van der Waals surface area contributed by atoms with Gasteiger partial charge in [0, 0.05) is 0 Å². The molecule has 0 aliphatic carbocycles. The molecule has 0 saturated heterocycles. The number of hydrogen-bond acceptors (Lipinski definition) is 2. The molecule has 0 unspecified atom stereocenters. The topological polar surface area (TPSA) is 33.0 Å². The van der Waals surface area contributed by atoms with Gasteiger partial charge in [-0.25, -0.2) is 0 Å². The van der Waals surface area contributed by atoms with Gasteiger partial charge in [-0.3, -0.25) is 0 Å². The molecule has 2 nitrogen and oxygen atoms in total. The van der Waals surface area contributed by atoms with Crippen molar-refractivity contribution in [3.8, 4) is 11.8 Å². The average molecular weight is 280 g/mol. The molecule has 0 radical (unpaired) electrons. The molecular weight excluding hydrogens is 275 g/mol. The van der Waals surface area contributed by atoms with Gasteiger partial charge in [-0.2, -0.15) is 18.4 Å². The van der Waals surface area contributed by atoms with E-state index < -0.39 is 12.8 Å². The van der Waals surface area contributed by atoms with Crippen molar-refractivity contribution in [3.63, 3.8) is 0 Å². The standard InChI is InChI=1S/C9H5BrF3NO/c10-7-3-6(4-14)1-2-8(7)15-5-9(11,12)13/h1-3H,5H2. The van der Waals surface area contributed by atoms with Gasteiger partial charge in [0.05, 0.1) is 16.1 Å².